The predicted octanol–water partition coefficient (Wildman–Crippen LogP) is 4.87. The number of para-hydroxylation sites is 1. The van der Waals surface area contributed by atoms with Crippen molar-refractivity contribution >= 4 is 5.91 Å². The molecule has 0 unspecified atom stereocenters. The second-order valence-corrected chi connectivity index (χ2v) is 7.99. The molecule has 2 heterocycles. The van der Waals surface area contributed by atoms with Crippen LogP contribution in [0.25, 0.3) is 28.6 Å². The molecule has 7 nitrogen and oxygen atoms in total. The van der Waals surface area contributed by atoms with Crippen molar-refractivity contribution < 1.29 is 9.21 Å². The number of benzene rings is 3. The smallest absolute Gasteiger partial charge is 0.251 e. The van der Waals surface area contributed by atoms with E-state index in [1.807, 2.05) is 90.7 Å². The van der Waals surface area contributed by atoms with Crippen LogP contribution in [-0.2, 0) is 6.42 Å². The summed E-state index contributed by atoms with van der Waals surface area (Å²) in [5.74, 6) is 0.753. The first-order valence-corrected chi connectivity index (χ1v) is 11.0. The van der Waals surface area contributed by atoms with E-state index in [-0.39, 0.29) is 5.91 Å². The first-order chi connectivity index (χ1) is 16.7. The number of nitrogens with zero attached hydrogens (tertiary/aromatic N) is 4. The molecular formula is C27H23N5O2. The third kappa shape index (κ3) is 4.78. The number of hydrogen-bond acceptors (Lipinski definition) is 5. The van der Waals surface area contributed by atoms with Crippen molar-refractivity contribution in [1.29, 1.82) is 0 Å². The van der Waals surface area contributed by atoms with E-state index in [0.29, 0.717) is 30.3 Å². The van der Waals surface area contributed by atoms with Crippen LogP contribution in [0.4, 0.5) is 0 Å². The summed E-state index contributed by atoms with van der Waals surface area (Å²) < 4.78 is 7.66. The normalized spacial score (nSPS) is 10.9. The zero-order valence-electron chi connectivity index (χ0n) is 18.7. The Balaban J connectivity index is 1.17. The summed E-state index contributed by atoms with van der Waals surface area (Å²) in [7, 11) is 0. The fraction of sp³-hybridized carbons (Fsp3) is 0.111. The third-order valence-corrected chi connectivity index (χ3v) is 5.44. The quantitative estimate of drug-likeness (QED) is 0.383. The van der Waals surface area contributed by atoms with Gasteiger partial charge in [0.05, 0.1) is 11.9 Å². The lowest BCUT2D eigenvalue weighted by atomic mass is 10.1. The van der Waals surface area contributed by atoms with Gasteiger partial charge in [-0.1, -0.05) is 35.9 Å². The van der Waals surface area contributed by atoms with Crippen LogP contribution in [0.1, 0.15) is 21.5 Å². The Bertz CT molecular complexity index is 1400. The molecule has 1 N–H and O–H groups in total. The van der Waals surface area contributed by atoms with Gasteiger partial charge in [-0.15, -0.1) is 10.2 Å². The number of nitrogens with one attached hydrogen (secondary N) is 1. The van der Waals surface area contributed by atoms with Gasteiger partial charge in [-0.25, -0.2) is 4.68 Å². The zero-order valence-corrected chi connectivity index (χ0v) is 18.7. The predicted molar refractivity (Wildman–Crippen MR) is 130 cm³/mol. The maximum Gasteiger partial charge on any atom is 0.251 e. The molecule has 0 aliphatic rings. The number of carbonyl (C=O) groups is 1. The second kappa shape index (κ2) is 9.54. The van der Waals surface area contributed by atoms with E-state index in [0.717, 1.165) is 27.9 Å². The number of aryl methyl sites for hydroxylation is 1. The molecule has 0 fully saturated rings. The van der Waals surface area contributed by atoms with Gasteiger partial charge in [0.25, 0.3) is 5.91 Å². The van der Waals surface area contributed by atoms with E-state index in [1.54, 1.807) is 12.1 Å². The Hall–Kier alpha value is -4.52. The topological polar surface area (TPSA) is 85.8 Å². The summed E-state index contributed by atoms with van der Waals surface area (Å²) in [6.45, 7) is 2.53. The Morgan fingerprint density at radius 3 is 2.44 bits per heavy atom. The number of aromatic nitrogens is 4. The van der Waals surface area contributed by atoms with Crippen molar-refractivity contribution in [3.63, 3.8) is 0 Å². The molecule has 7 heteroatoms. The lowest BCUT2D eigenvalue weighted by Crippen LogP contribution is -2.25. The van der Waals surface area contributed by atoms with Crippen LogP contribution in [0.2, 0.25) is 0 Å². The SMILES string of the molecule is Cc1cccc(-c2nnc(-c3ccc(C(=O)NCCc4cnn(-c5ccccc5)c4)cc3)o2)c1. The molecule has 34 heavy (non-hydrogen) atoms. The molecule has 0 bridgehead atoms. The van der Waals surface area contributed by atoms with E-state index >= 15 is 0 Å². The largest absolute Gasteiger partial charge is 0.416 e. The van der Waals surface area contributed by atoms with Crippen LogP contribution >= 0.6 is 0 Å². The zero-order chi connectivity index (χ0) is 23.3. The standard InChI is InChI=1S/C27H23N5O2/c1-19-6-5-7-23(16-19)27-31-30-26(34-27)22-12-10-21(11-13-22)25(33)28-15-14-20-17-29-32(18-20)24-8-3-2-4-9-24/h2-13,16-18H,14-15H2,1H3,(H,28,33). The van der Waals surface area contributed by atoms with Crippen LogP contribution in [-0.4, -0.2) is 32.4 Å². The molecule has 2 aromatic heterocycles. The van der Waals surface area contributed by atoms with Gasteiger partial charge < -0.3 is 9.73 Å². The van der Waals surface area contributed by atoms with Crippen molar-refractivity contribution in [2.75, 3.05) is 6.54 Å². The Kier molecular flexibility index (Phi) is 5.99. The molecule has 5 rings (SSSR count). The minimum Gasteiger partial charge on any atom is -0.416 e. The Morgan fingerprint density at radius 1 is 0.912 bits per heavy atom. The van der Waals surface area contributed by atoms with Gasteiger partial charge in [0, 0.05) is 29.4 Å². The van der Waals surface area contributed by atoms with Crippen LogP contribution in [0.3, 0.4) is 0 Å². The van der Waals surface area contributed by atoms with Crippen molar-refractivity contribution in [2.45, 2.75) is 13.3 Å². The van der Waals surface area contributed by atoms with Crippen molar-refractivity contribution in [3.8, 4) is 28.6 Å². The van der Waals surface area contributed by atoms with Crippen molar-refractivity contribution in [2.24, 2.45) is 0 Å². The van der Waals surface area contributed by atoms with E-state index in [4.69, 9.17) is 4.42 Å². The summed E-state index contributed by atoms with van der Waals surface area (Å²) in [4.78, 5) is 12.5. The van der Waals surface area contributed by atoms with Gasteiger partial charge in [0.1, 0.15) is 0 Å². The van der Waals surface area contributed by atoms with Crippen LogP contribution in [0, 0.1) is 6.92 Å². The van der Waals surface area contributed by atoms with Crippen LogP contribution in [0.5, 0.6) is 0 Å². The first kappa shape index (κ1) is 21.3. The van der Waals surface area contributed by atoms with Crippen molar-refractivity contribution in [1.82, 2.24) is 25.3 Å². The first-order valence-electron chi connectivity index (χ1n) is 11.0. The summed E-state index contributed by atoms with van der Waals surface area (Å²) in [6, 6.07) is 25.0. The maximum absolute atomic E-state index is 12.5. The summed E-state index contributed by atoms with van der Waals surface area (Å²) in [6.07, 6.45) is 4.50. The maximum atomic E-state index is 12.5. The van der Waals surface area contributed by atoms with Gasteiger partial charge in [-0.05, 0) is 67.4 Å². The number of carbonyl (C=O) groups excluding carboxylic acids is 1. The number of rotatable bonds is 7. The Labute approximate surface area is 197 Å². The van der Waals surface area contributed by atoms with Crippen LogP contribution in [0.15, 0.2) is 95.7 Å². The number of hydrogen-bond donors (Lipinski definition) is 1. The van der Waals surface area contributed by atoms with E-state index in [9.17, 15) is 4.79 Å². The fourth-order valence-corrected chi connectivity index (χ4v) is 3.63. The highest BCUT2D eigenvalue weighted by Gasteiger charge is 2.12. The molecule has 0 atom stereocenters. The highest BCUT2D eigenvalue weighted by Crippen LogP contribution is 2.24. The fourth-order valence-electron chi connectivity index (χ4n) is 3.63. The molecule has 0 radical (unpaired) electrons. The average Bonchev–Trinajstić information content (AvgIpc) is 3.55. The van der Waals surface area contributed by atoms with Gasteiger partial charge in [0.2, 0.25) is 11.8 Å². The molecule has 1 amide bonds. The lowest BCUT2D eigenvalue weighted by molar-refractivity contribution is 0.0954. The summed E-state index contributed by atoms with van der Waals surface area (Å²) >= 11 is 0. The highest BCUT2D eigenvalue weighted by molar-refractivity contribution is 5.94. The van der Waals surface area contributed by atoms with Gasteiger partial charge in [-0.2, -0.15) is 5.10 Å². The van der Waals surface area contributed by atoms with E-state index < -0.39 is 0 Å². The molecule has 0 aliphatic carbocycles. The molecule has 0 saturated heterocycles. The minimum absolute atomic E-state index is 0.131. The highest BCUT2D eigenvalue weighted by atomic mass is 16.4. The van der Waals surface area contributed by atoms with Gasteiger partial charge in [-0.3, -0.25) is 4.79 Å². The van der Waals surface area contributed by atoms with Crippen LogP contribution < -0.4 is 5.32 Å². The molecular weight excluding hydrogens is 426 g/mol. The molecule has 168 valence electrons. The van der Waals surface area contributed by atoms with Crippen molar-refractivity contribution in [3.05, 3.63) is 108 Å². The molecule has 5 aromatic rings. The molecule has 0 spiro atoms. The third-order valence-electron chi connectivity index (χ3n) is 5.44. The Morgan fingerprint density at radius 2 is 1.68 bits per heavy atom. The average molecular weight is 450 g/mol. The van der Waals surface area contributed by atoms with E-state index in [1.165, 1.54) is 0 Å². The second-order valence-electron chi connectivity index (χ2n) is 7.99. The van der Waals surface area contributed by atoms with Gasteiger partial charge in [0.15, 0.2) is 0 Å². The monoisotopic (exact) mass is 449 g/mol. The number of amides is 1. The molecule has 0 saturated carbocycles. The van der Waals surface area contributed by atoms with E-state index in [2.05, 4.69) is 20.6 Å². The summed E-state index contributed by atoms with van der Waals surface area (Å²) in [5.41, 5.74) is 5.39. The summed E-state index contributed by atoms with van der Waals surface area (Å²) in [5, 5.41) is 15.6. The minimum atomic E-state index is -0.131. The lowest BCUT2D eigenvalue weighted by Gasteiger charge is -2.05. The molecule has 3 aromatic carbocycles. The molecule has 0 aliphatic heterocycles. The van der Waals surface area contributed by atoms with Gasteiger partial charge >= 0.3 is 0 Å².